The number of aryl methyl sites for hydroxylation is 4. The van der Waals surface area contributed by atoms with Gasteiger partial charge in [-0.1, -0.05) is 65.7 Å². The van der Waals surface area contributed by atoms with E-state index in [1.807, 2.05) is 62.4 Å². The van der Waals surface area contributed by atoms with E-state index in [2.05, 4.69) is 6.07 Å². The number of ketones is 1. The molecule has 3 aromatic rings. The van der Waals surface area contributed by atoms with Crippen molar-refractivity contribution in [1.82, 2.24) is 0 Å². The van der Waals surface area contributed by atoms with Crippen LogP contribution >= 0.6 is 0 Å². The molecule has 4 rings (SSSR count). The Morgan fingerprint density at radius 1 is 0.839 bits per heavy atom. The molecule has 0 aliphatic heterocycles. The lowest BCUT2D eigenvalue weighted by molar-refractivity contribution is -0.149. The number of fused-ring (bicyclic) bond motifs is 1. The molecule has 0 N–H and O–H groups in total. The third-order valence-electron chi connectivity index (χ3n) is 5.63. The van der Waals surface area contributed by atoms with Crippen LogP contribution in [0.1, 0.15) is 50.7 Å². The van der Waals surface area contributed by atoms with Gasteiger partial charge in [0, 0.05) is 11.1 Å². The van der Waals surface area contributed by atoms with E-state index >= 15 is 0 Å². The Kier molecular flexibility index (Phi) is 6.17. The maximum Gasteiger partial charge on any atom is 0.345 e. The number of hydrogen-bond donors (Lipinski definition) is 0. The molecule has 0 unspecified atom stereocenters. The molecule has 0 radical (unpaired) electrons. The average molecular weight is 415 g/mol. The Morgan fingerprint density at radius 2 is 1.48 bits per heavy atom. The Balaban J connectivity index is 1.48. The molecule has 0 bridgehead atoms. The summed E-state index contributed by atoms with van der Waals surface area (Å²) >= 11 is 0. The largest absolute Gasteiger partial charge is 0.482 e. The van der Waals surface area contributed by atoms with Gasteiger partial charge in [-0.25, -0.2) is 4.79 Å². The van der Waals surface area contributed by atoms with E-state index < -0.39 is 12.1 Å². The number of Topliss-reactive ketones (excluding diaryl/α,β-unsaturated/α-hetero) is 1. The first-order chi connectivity index (χ1) is 15.0. The van der Waals surface area contributed by atoms with Gasteiger partial charge in [-0.2, -0.15) is 0 Å². The zero-order chi connectivity index (χ0) is 21.8. The number of hydrogen-bond acceptors (Lipinski definition) is 4. The van der Waals surface area contributed by atoms with Crippen molar-refractivity contribution in [3.63, 3.8) is 0 Å². The highest BCUT2D eigenvalue weighted by molar-refractivity contribution is 6.01. The predicted octanol–water partition coefficient (Wildman–Crippen LogP) is 5.34. The van der Waals surface area contributed by atoms with Crippen LogP contribution in [0.3, 0.4) is 0 Å². The van der Waals surface area contributed by atoms with Gasteiger partial charge in [0.15, 0.2) is 12.7 Å². The van der Waals surface area contributed by atoms with Crippen LogP contribution in [-0.4, -0.2) is 18.4 Å². The van der Waals surface area contributed by atoms with Crippen LogP contribution in [0.15, 0.2) is 66.7 Å². The Morgan fingerprint density at radius 3 is 2.19 bits per heavy atom. The van der Waals surface area contributed by atoms with Gasteiger partial charge >= 0.3 is 5.97 Å². The van der Waals surface area contributed by atoms with E-state index in [1.54, 1.807) is 12.1 Å². The molecule has 0 saturated heterocycles. The topological polar surface area (TPSA) is 52.6 Å². The number of ether oxygens (including phenoxy) is 2. The van der Waals surface area contributed by atoms with E-state index in [4.69, 9.17) is 9.47 Å². The average Bonchev–Trinajstić information content (AvgIpc) is 3.25. The molecular weight excluding hydrogens is 388 g/mol. The molecule has 4 nitrogen and oxygen atoms in total. The summed E-state index contributed by atoms with van der Waals surface area (Å²) in [7, 11) is 0. The third-order valence-corrected chi connectivity index (χ3v) is 5.63. The Labute approximate surface area is 182 Å². The van der Waals surface area contributed by atoms with Crippen molar-refractivity contribution in [2.75, 3.05) is 6.61 Å². The lowest BCUT2D eigenvalue weighted by atomic mass is 9.98. The maximum atomic E-state index is 13.2. The molecule has 1 atom stereocenters. The molecule has 4 heteroatoms. The first-order valence-corrected chi connectivity index (χ1v) is 10.6. The van der Waals surface area contributed by atoms with Gasteiger partial charge in [0.25, 0.3) is 0 Å². The van der Waals surface area contributed by atoms with Gasteiger partial charge in [0.05, 0.1) is 0 Å². The normalized spacial score (nSPS) is 13.4. The third kappa shape index (κ3) is 5.02. The molecule has 31 heavy (non-hydrogen) atoms. The van der Waals surface area contributed by atoms with Gasteiger partial charge < -0.3 is 9.47 Å². The molecule has 0 amide bonds. The van der Waals surface area contributed by atoms with Crippen molar-refractivity contribution in [2.45, 2.75) is 39.2 Å². The molecule has 158 valence electrons. The number of carbonyl (C=O) groups excluding carboxylic acids is 2. The van der Waals surface area contributed by atoms with Crippen molar-refractivity contribution in [3.05, 3.63) is 100 Å². The number of benzene rings is 3. The van der Waals surface area contributed by atoms with Gasteiger partial charge in [-0.3, -0.25) is 4.79 Å². The van der Waals surface area contributed by atoms with Gasteiger partial charge in [0.1, 0.15) is 5.75 Å². The van der Waals surface area contributed by atoms with E-state index in [-0.39, 0.29) is 12.4 Å². The summed E-state index contributed by atoms with van der Waals surface area (Å²) in [6.45, 7) is 3.68. The van der Waals surface area contributed by atoms with Crippen molar-refractivity contribution >= 4 is 11.8 Å². The fraction of sp³-hybridized carbons (Fsp3) is 0.259. The van der Waals surface area contributed by atoms with Gasteiger partial charge in [-0.15, -0.1) is 0 Å². The molecular formula is C27H26O4. The lowest BCUT2D eigenvalue weighted by Gasteiger charge is -2.18. The fourth-order valence-electron chi connectivity index (χ4n) is 3.83. The molecule has 0 fully saturated rings. The summed E-state index contributed by atoms with van der Waals surface area (Å²) in [5, 5.41) is 0. The SMILES string of the molecule is Cc1ccc(C(=O)[C@@H](OC(=O)COc2ccc3c(c2)CCC3)c2ccc(C)cc2)cc1. The second kappa shape index (κ2) is 9.17. The van der Waals surface area contributed by atoms with E-state index in [0.717, 1.165) is 30.4 Å². The minimum Gasteiger partial charge on any atom is -0.482 e. The second-order valence-electron chi connectivity index (χ2n) is 8.08. The molecule has 0 saturated carbocycles. The highest BCUT2D eigenvalue weighted by Crippen LogP contribution is 2.27. The minimum atomic E-state index is -1.01. The van der Waals surface area contributed by atoms with Crippen LogP contribution in [0, 0.1) is 13.8 Å². The lowest BCUT2D eigenvalue weighted by Crippen LogP contribution is -2.23. The van der Waals surface area contributed by atoms with E-state index in [9.17, 15) is 9.59 Å². The Bertz CT molecular complexity index is 1080. The first-order valence-electron chi connectivity index (χ1n) is 10.6. The van der Waals surface area contributed by atoms with Crippen molar-refractivity contribution < 1.29 is 19.1 Å². The number of rotatable bonds is 7. The van der Waals surface area contributed by atoms with Crippen LogP contribution < -0.4 is 4.74 Å². The molecule has 1 aliphatic carbocycles. The molecule has 1 aliphatic rings. The second-order valence-corrected chi connectivity index (χ2v) is 8.08. The fourth-order valence-corrected chi connectivity index (χ4v) is 3.83. The monoisotopic (exact) mass is 414 g/mol. The van der Waals surface area contributed by atoms with Crippen molar-refractivity contribution in [3.8, 4) is 5.75 Å². The summed E-state index contributed by atoms with van der Waals surface area (Å²) in [5.74, 6) is -0.185. The summed E-state index contributed by atoms with van der Waals surface area (Å²) < 4.78 is 11.3. The summed E-state index contributed by atoms with van der Waals surface area (Å²) in [5.41, 5.74) is 5.89. The standard InChI is InChI=1S/C27H26O4/c1-18-6-10-21(11-7-18)26(29)27(22-12-8-19(2)9-13-22)31-25(28)17-30-24-15-14-20-4-3-5-23(20)16-24/h6-16,27H,3-5,17H2,1-2H3/t27-/m0/s1. The highest BCUT2D eigenvalue weighted by atomic mass is 16.6. The van der Waals surface area contributed by atoms with Crippen molar-refractivity contribution in [2.24, 2.45) is 0 Å². The van der Waals surface area contributed by atoms with Gasteiger partial charge in [-0.05, 0) is 56.4 Å². The highest BCUT2D eigenvalue weighted by Gasteiger charge is 2.26. The predicted molar refractivity (Wildman–Crippen MR) is 119 cm³/mol. The van der Waals surface area contributed by atoms with Crippen LogP contribution in [0.4, 0.5) is 0 Å². The number of esters is 1. The van der Waals surface area contributed by atoms with Crippen LogP contribution in [0.2, 0.25) is 0 Å². The van der Waals surface area contributed by atoms with Gasteiger partial charge in [0.2, 0.25) is 5.78 Å². The zero-order valence-corrected chi connectivity index (χ0v) is 17.9. The Hall–Kier alpha value is -3.40. The molecule has 0 spiro atoms. The maximum absolute atomic E-state index is 13.2. The zero-order valence-electron chi connectivity index (χ0n) is 17.9. The van der Waals surface area contributed by atoms with Crippen LogP contribution in [0.5, 0.6) is 5.75 Å². The van der Waals surface area contributed by atoms with E-state index in [1.165, 1.54) is 11.1 Å². The molecule has 0 heterocycles. The van der Waals surface area contributed by atoms with E-state index in [0.29, 0.717) is 16.9 Å². The minimum absolute atomic E-state index is 0.248. The summed E-state index contributed by atoms with van der Waals surface area (Å²) in [6.07, 6.45) is 2.27. The van der Waals surface area contributed by atoms with Crippen molar-refractivity contribution in [1.29, 1.82) is 0 Å². The smallest absolute Gasteiger partial charge is 0.345 e. The summed E-state index contributed by atoms with van der Waals surface area (Å²) in [6, 6.07) is 20.6. The molecule has 0 aromatic heterocycles. The summed E-state index contributed by atoms with van der Waals surface area (Å²) in [4.78, 5) is 25.8. The molecule has 3 aromatic carbocycles. The number of carbonyl (C=O) groups is 2. The quantitative estimate of drug-likeness (QED) is 0.387. The first kappa shape index (κ1) is 20.9. The van der Waals surface area contributed by atoms with Crippen LogP contribution in [0.25, 0.3) is 0 Å². The van der Waals surface area contributed by atoms with Crippen LogP contribution in [-0.2, 0) is 22.4 Å².